The number of hydrogen-bond acceptors (Lipinski definition) is 4. The Morgan fingerprint density at radius 2 is 2.12 bits per heavy atom. The van der Waals surface area contributed by atoms with Crippen molar-refractivity contribution in [3.8, 4) is 0 Å². The van der Waals surface area contributed by atoms with Crippen LogP contribution in [-0.4, -0.2) is 33.1 Å². The fraction of sp³-hybridized carbons (Fsp3) is 0.545. The number of halogens is 1. The van der Waals surface area contributed by atoms with E-state index in [2.05, 4.69) is 9.97 Å². The number of nitrogens with zero attached hydrogens (tertiary/aromatic N) is 3. The molecule has 0 spiro atoms. The summed E-state index contributed by atoms with van der Waals surface area (Å²) in [6.07, 6.45) is 4.41. The highest BCUT2D eigenvalue weighted by Crippen LogP contribution is 2.30. The molecule has 1 aliphatic rings. The third-order valence-electron chi connectivity index (χ3n) is 3.20. The molecule has 1 atom stereocenters. The van der Waals surface area contributed by atoms with Crippen molar-refractivity contribution in [2.24, 2.45) is 0 Å². The van der Waals surface area contributed by atoms with Gasteiger partial charge in [0.1, 0.15) is 5.54 Å². The SMILES string of the molecule is CC1(C(=O)O)CCCCN1c1ncc(F)cn1. The maximum atomic E-state index is 12.7. The van der Waals surface area contributed by atoms with Crippen LogP contribution in [0.1, 0.15) is 26.2 Å². The number of rotatable bonds is 2. The predicted molar refractivity (Wildman–Crippen MR) is 59.2 cm³/mol. The average Bonchev–Trinajstić information content (AvgIpc) is 2.31. The molecular formula is C11H14FN3O2. The van der Waals surface area contributed by atoms with Gasteiger partial charge in [-0.15, -0.1) is 0 Å². The van der Waals surface area contributed by atoms with Crippen LogP contribution >= 0.6 is 0 Å². The smallest absolute Gasteiger partial charge is 0.329 e. The Morgan fingerprint density at radius 3 is 2.71 bits per heavy atom. The monoisotopic (exact) mass is 239 g/mol. The van der Waals surface area contributed by atoms with E-state index in [0.717, 1.165) is 25.2 Å². The van der Waals surface area contributed by atoms with Gasteiger partial charge < -0.3 is 10.0 Å². The summed E-state index contributed by atoms with van der Waals surface area (Å²) < 4.78 is 12.7. The second-order valence-corrected chi connectivity index (χ2v) is 4.39. The normalized spacial score (nSPS) is 24.7. The van der Waals surface area contributed by atoms with Crippen LogP contribution in [0.3, 0.4) is 0 Å². The van der Waals surface area contributed by atoms with Crippen LogP contribution in [0.2, 0.25) is 0 Å². The number of carboxylic acid groups (broad SMARTS) is 1. The lowest BCUT2D eigenvalue weighted by Crippen LogP contribution is -2.56. The first-order chi connectivity index (χ1) is 8.04. The molecule has 0 saturated carbocycles. The Balaban J connectivity index is 2.34. The first-order valence-corrected chi connectivity index (χ1v) is 5.52. The summed E-state index contributed by atoms with van der Waals surface area (Å²) in [5.74, 6) is -1.15. The quantitative estimate of drug-likeness (QED) is 0.846. The van der Waals surface area contributed by atoms with E-state index in [9.17, 15) is 14.3 Å². The van der Waals surface area contributed by atoms with E-state index in [4.69, 9.17) is 0 Å². The second kappa shape index (κ2) is 4.27. The zero-order chi connectivity index (χ0) is 12.5. The molecule has 1 aliphatic heterocycles. The Labute approximate surface area is 98.3 Å². The summed E-state index contributed by atoms with van der Waals surface area (Å²) in [7, 11) is 0. The van der Waals surface area contributed by atoms with Gasteiger partial charge in [0.2, 0.25) is 5.95 Å². The zero-order valence-electron chi connectivity index (χ0n) is 9.56. The van der Waals surface area contributed by atoms with Crippen LogP contribution in [-0.2, 0) is 4.79 Å². The highest BCUT2D eigenvalue weighted by Gasteiger charge is 2.42. The minimum Gasteiger partial charge on any atom is -0.480 e. The molecule has 0 aromatic carbocycles. The predicted octanol–water partition coefficient (Wildman–Crippen LogP) is 1.45. The lowest BCUT2D eigenvalue weighted by molar-refractivity contribution is -0.143. The van der Waals surface area contributed by atoms with Gasteiger partial charge in [-0.1, -0.05) is 0 Å². The molecule has 6 heteroatoms. The number of piperidine rings is 1. The van der Waals surface area contributed by atoms with E-state index in [1.165, 1.54) is 0 Å². The van der Waals surface area contributed by atoms with Gasteiger partial charge >= 0.3 is 5.97 Å². The summed E-state index contributed by atoms with van der Waals surface area (Å²) in [5.41, 5.74) is -1.00. The molecule has 1 aromatic rings. The van der Waals surface area contributed by atoms with E-state index in [1.54, 1.807) is 11.8 Å². The maximum absolute atomic E-state index is 12.7. The van der Waals surface area contributed by atoms with Crippen LogP contribution in [0.4, 0.5) is 10.3 Å². The van der Waals surface area contributed by atoms with Gasteiger partial charge in [-0.25, -0.2) is 19.2 Å². The number of carboxylic acids is 1. The Morgan fingerprint density at radius 1 is 1.47 bits per heavy atom. The lowest BCUT2D eigenvalue weighted by atomic mass is 9.89. The first-order valence-electron chi connectivity index (χ1n) is 5.52. The van der Waals surface area contributed by atoms with Crippen LogP contribution in [0.15, 0.2) is 12.4 Å². The Bertz CT molecular complexity index is 423. The molecule has 0 radical (unpaired) electrons. The van der Waals surface area contributed by atoms with E-state index >= 15 is 0 Å². The van der Waals surface area contributed by atoms with Gasteiger partial charge in [0.05, 0.1) is 12.4 Å². The van der Waals surface area contributed by atoms with Crippen molar-refractivity contribution in [1.82, 2.24) is 9.97 Å². The van der Waals surface area contributed by atoms with E-state index in [1.807, 2.05) is 0 Å². The van der Waals surface area contributed by atoms with E-state index in [0.29, 0.717) is 13.0 Å². The average molecular weight is 239 g/mol. The Hall–Kier alpha value is -1.72. The second-order valence-electron chi connectivity index (χ2n) is 4.39. The number of carbonyl (C=O) groups is 1. The minimum atomic E-state index is -1.00. The van der Waals surface area contributed by atoms with E-state index < -0.39 is 17.3 Å². The Kier molecular flexibility index (Phi) is 2.95. The molecule has 0 bridgehead atoms. The molecule has 1 saturated heterocycles. The minimum absolute atomic E-state index is 0.274. The largest absolute Gasteiger partial charge is 0.480 e. The number of aliphatic carboxylic acids is 1. The summed E-state index contributed by atoms with van der Waals surface area (Å²) in [5, 5.41) is 9.31. The summed E-state index contributed by atoms with van der Waals surface area (Å²) >= 11 is 0. The third kappa shape index (κ3) is 2.07. The standard InChI is InChI=1S/C11H14FN3O2/c1-11(9(16)17)4-2-3-5-15(11)10-13-6-8(12)7-14-10/h6-7H,2-5H2,1H3,(H,16,17). The topological polar surface area (TPSA) is 66.3 Å². The maximum Gasteiger partial charge on any atom is 0.329 e. The van der Waals surface area contributed by atoms with Crippen molar-refractivity contribution >= 4 is 11.9 Å². The van der Waals surface area contributed by atoms with Crippen molar-refractivity contribution in [1.29, 1.82) is 0 Å². The molecule has 17 heavy (non-hydrogen) atoms. The number of aromatic nitrogens is 2. The molecule has 92 valence electrons. The molecular weight excluding hydrogens is 225 g/mol. The molecule has 1 aromatic heterocycles. The highest BCUT2D eigenvalue weighted by molar-refractivity contribution is 5.82. The van der Waals surface area contributed by atoms with Crippen LogP contribution in [0.25, 0.3) is 0 Å². The molecule has 2 rings (SSSR count). The van der Waals surface area contributed by atoms with Crippen molar-refractivity contribution in [2.75, 3.05) is 11.4 Å². The van der Waals surface area contributed by atoms with E-state index in [-0.39, 0.29) is 5.95 Å². The van der Waals surface area contributed by atoms with Crippen molar-refractivity contribution in [2.45, 2.75) is 31.7 Å². The van der Waals surface area contributed by atoms with Crippen molar-refractivity contribution in [3.05, 3.63) is 18.2 Å². The molecule has 1 unspecified atom stereocenters. The number of anilines is 1. The molecule has 2 heterocycles. The van der Waals surface area contributed by atoms with Crippen LogP contribution in [0.5, 0.6) is 0 Å². The fourth-order valence-corrected chi connectivity index (χ4v) is 2.11. The molecule has 1 fully saturated rings. The van der Waals surface area contributed by atoms with Crippen LogP contribution < -0.4 is 4.90 Å². The summed E-state index contributed by atoms with van der Waals surface area (Å²) in [6.45, 7) is 2.23. The lowest BCUT2D eigenvalue weighted by Gasteiger charge is -2.41. The third-order valence-corrected chi connectivity index (χ3v) is 3.20. The fourth-order valence-electron chi connectivity index (χ4n) is 2.11. The molecule has 5 nitrogen and oxygen atoms in total. The van der Waals surface area contributed by atoms with Crippen molar-refractivity contribution in [3.63, 3.8) is 0 Å². The first kappa shape index (κ1) is 11.8. The summed E-state index contributed by atoms with van der Waals surface area (Å²) in [6, 6.07) is 0. The van der Waals surface area contributed by atoms with Crippen molar-refractivity contribution < 1.29 is 14.3 Å². The number of hydrogen-bond donors (Lipinski definition) is 1. The summed E-state index contributed by atoms with van der Waals surface area (Å²) in [4.78, 5) is 20.7. The zero-order valence-corrected chi connectivity index (χ0v) is 9.56. The molecule has 1 N–H and O–H groups in total. The molecule has 0 aliphatic carbocycles. The van der Waals surface area contributed by atoms with Gasteiger partial charge in [0, 0.05) is 6.54 Å². The molecule has 0 amide bonds. The van der Waals surface area contributed by atoms with Gasteiger partial charge in [-0.2, -0.15) is 0 Å². The van der Waals surface area contributed by atoms with Gasteiger partial charge in [-0.05, 0) is 26.2 Å². The highest BCUT2D eigenvalue weighted by atomic mass is 19.1. The van der Waals surface area contributed by atoms with Gasteiger partial charge in [-0.3, -0.25) is 0 Å². The van der Waals surface area contributed by atoms with Gasteiger partial charge in [0.25, 0.3) is 0 Å². The van der Waals surface area contributed by atoms with Crippen LogP contribution in [0, 0.1) is 5.82 Å². The van der Waals surface area contributed by atoms with Gasteiger partial charge in [0.15, 0.2) is 5.82 Å².